The molecular formula is C49H31N3O. The molecule has 0 saturated carbocycles. The number of ether oxygens (including phenoxy) is 1. The van der Waals surface area contributed by atoms with Gasteiger partial charge in [-0.3, -0.25) is 0 Å². The highest BCUT2D eigenvalue weighted by Gasteiger charge is 2.51. The summed E-state index contributed by atoms with van der Waals surface area (Å²) in [6.07, 6.45) is 2.82. The predicted octanol–water partition coefficient (Wildman–Crippen LogP) is 11.4. The van der Waals surface area contributed by atoms with Crippen molar-refractivity contribution in [2.75, 3.05) is 0 Å². The predicted molar refractivity (Wildman–Crippen MR) is 213 cm³/mol. The van der Waals surface area contributed by atoms with Crippen molar-refractivity contribution in [3.05, 3.63) is 220 Å². The van der Waals surface area contributed by atoms with Crippen molar-refractivity contribution in [1.29, 1.82) is 5.26 Å². The quantitative estimate of drug-likeness (QED) is 0.186. The Morgan fingerprint density at radius 1 is 0.491 bits per heavy atom. The maximum absolute atomic E-state index is 9.31. The second kappa shape index (κ2) is 12.3. The number of allylic oxidation sites excluding steroid dienone is 1. The van der Waals surface area contributed by atoms with Crippen LogP contribution in [0.5, 0.6) is 11.5 Å². The number of benzene rings is 7. The molecule has 0 atom stereocenters. The second-order valence-electron chi connectivity index (χ2n) is 13.6. The molecule has 0 fully saturated rings. The Kier molecular flexibility index (Phi) is 7.13. The van der Waals surface area contributed by atoms with Crippen molar-refractivity contribution in [3.63, 3.8) is 0 Å². The van der Waals surface area contributed by atoms with E-state index in [1.165, 1.54) is 22.3 Å². The van der Waals surface area contributed by atoms with Gasteiger partial charge < -0.3 is 4.74 Å². The molecule has 0 bridgehead atoms. The lowest BCUT2D eigenvalue weighted by molar-refractivity contribution is 0.436. The first-order chi connectivity index (χ1) is 26.2. The molecule has 7 aromatic carbocycles. The summed E-state index contributed by atoms with van der Waals surface area (Å²) in [7, 11) is 0. The largest absolute Gasteiger partial charge is 0.457 e. The first kappa shape index (κ1) is 30.7. The summed E-state index contributed by atoms with van der Waals surface area (Å²) in [5.74, 6) is 2.42. The van der Waals surface area contributed by atoms with Crippen molar-refractivity contribution < 1.29 is 4.74 Å². The molecule has 2 aliphatic heterocycles. The van der Waals surface area contributed by atoms with E-state index < -0.39 is 5.41 Å². The molecule has 0 N–H and O–H groups in total. The van der Waals surface area contributed by atoms with E-state index in [0.717, 1.165) is 61.9 Å². The molecular weight excluding hydrogens is 647 g/mol. The summed E-state index contributed by atoms with van der Waals surface area (Å²) in [6, 6.07) is 61.1. The van der Waals surface area contributed by atoms with Gasteiger partial charge >= 0.3 is 0 Å². The van der Waals surface area contributed by atoms with Crippen LogP contribution in [0.15, 0.2) is 186 Å². The summed E-state index contributed by atoms with van der Waals surface area (Å²) in [6.45, 7) is 0. The fraction of sp³-hybridized carbons (Fsp3) is 0.0408. The summed E-state index contributed by atoms with van der Waals surface area (Å²) < 4.78 is 6.56. The highest BCUT2D eigenvalue weighted by atomic mass is 16.5. The lowest BCUT2D eigenvalue weighted by Crippen LogP contribution is -2.32. The van der Waals surface area contributed by atoms with Crippen LogP contribution in [0.4, 0.5) is 0 Å². The molecule has 4 nitrogen and oxygen atoms in total. The number of nitriles is 1. The Morgan fingerprint density at radius 3 is 1.87 bits per heavy atom. The van der Waals surface area contributed by atoms with Crippen LogP contribution >= 0.6 is 0 Å². The number of aliphatic imine (C=N–C) groups is 2. The molecule has 4 heteroatoms. The molecule has 7 aromatic rings. The molecule has 0 saturated heterocycles. The maximum Gasteiger partial charge on any atom is 0.160 e. The van der Waals surface area contributed by atoms with Crippen LogP contribution in [0.1, 0.15) is 50.9 Å². The Labute approximate surface area is 308 Å². The Morgan fingerprint density at radius 2 is 1.11 bits per heavy atom. The van der Waals surface area contributed by atoms with Crippen LogP contribution in [0, 0.1) is 11.3 Å². The van der Waals surface area contributed by atoms with Gasteiger partial charge in [-0.1, -0.05) is 140 Å². The monoisotopic (exact) mass is 677 g/mol. The van der Waals surface area contributed by atoms with E-state index in [4.69, 9.17) is 14.7 Å². The molecule has 1 aliphatic carbocycles. The average molecular weight is 678 g/mol. The van der Waals surface area contributed by atoms with Gasteiger partial charge in [-0.15, -0.1) is 0 Å². The standard InChI is InChI=1S/C49H31N3O/c50-31-32-21-23-33(24-22-32)35-13-10-14-36(29-35)44-27-28-45(52-48(51-44)34-11-2-1-3-12-34)37-25-26-39-38-15-4-5-16-40(38)49(43(39)30-37)41-17-6-8-19-46(41)53-47-20-9-7-18-42(47)49/h1-26,28-30H,27H2. The van der Waals surface area contributed by atoms with Crippen LogP contribution in [0.2, 0.25) is 0 Å². The van der Waals surface area contributed by atoms with Gasteiger partial charge in [0.05, 0.1) is 28.5 Å². The van der Waals surface area contributed by atoms with E-state index in [1.807, 2.05) is 54.6 Å². The molecule has 0 aromatic heterocycles. The van der Waals surface area contributed by atoms with Crippen LogP contribution < -0.4 is 4.74 Å². The van der Waals surface area contributed by atoms with Gasteiger partial charge in [0, 0.05) is 28.7 Å². The fourth-order valence-electron chi connectivity index (χ4n) is 8.26. The lowest BCUT2D eigenvalue weighted by Gasteiger charge is -2.39. The van der Waals surface area contributed by atoms with Gasteiger partial charge in [0.2, 0.25) is 0 Å². The van der Waals surface area contributed by atoms with E-state index in [9.17, 15) is 5.26 Å². The van der Waals surface area contributed by atoms with Gasteiger partial charge in [-0.05, 0) is 75.3 Å². The smallest absolute Gasteiger partial charge is 0.160 e. The third-order valence-electron chi connectivity index (χ3n) is 10.7. The zero-order valence-electron chi connectivity index (χ0n) is 28.7. The molecule has 3 aliphatic rings. The number of para-hydroxylation sites is 2. The topological polar surface area (TPSA) is 57.7 Å². The SMILES string of the molecule is N#Cc1ccc(-c2cccc(C3=NC(c4ccccc4)=NC(c4ccc5c(c4)C4(c6ccccc6Oc6ccccc64)c4ccccc4-5)=CC3)c2)cc1. The number of rotatable bonds is 4. The van der Waals surface area contributed by atoms with E-state index in [2.05, 4.69) is 127 Å². The Bertz CT molecular complexity index is 2690. The molecule has 0 amide bonds. The van der Waals surface area contributed by atoms with Crippen molar-refractivity contribution >= 4 is 17.2 Å². The van der Waals surface area contributed by atoms with Crippen molar-refractivity contribution in [2.45, 2.75) is 11.8 Å². The minimum atomic E-state index is -0.557. The van der Waals surface area contributed by atoms with Gasteiger partial charge in [-0.2, -0.15) is 5.26 Å². The average Bonchev–Trinajstić information content (AvgIpc) is 3.34. The van der Waals surface area contributed by atoms with Crippen LogP contribution in [0.3, 0.4) is 0 Å². The molecule has 53 heavy (non-hydrogen) atoms. The van der Waals surface area contributed by atoms with Crippen molar-refractivity contribution in [1.82, 2.24) is 0 Å². The number of amidine groups is 1. The molecule has 248 valence electrons. The molecule has 0 radical (unpaired) electrons. The highest BCUT2D eigenvalue weighted by Crippen LogP contribution is 2.62. The molecule has 1 spiro atoms. The first-order valence-corrected chi connectivity index (χ1v) is 17.9. The summed E-state index contributed by atoms with van der Waals surface area (Å²) in [4.78, 5) is 10.6. The van der Waals surface area contributed by atoms with Crippen molar-refractivity contribution in [2.24, 2.45) is 9.98 Å². The normalized spacial score (nSPS) is 14.6. The Balaban J connectivity index is 1.13. The Hall–Kier alpha value is -7.09. The molecule has 10 rings (SSSR count). The summed E-state index contributed by atoms with van der Waals surface area (Å²) in [5, 5.41) is 9.31. The van der Waals surface area contributed by atoms with Crippen LogP contribution in [0.25, 0.3) is 28.0 Å². The van der Waals surface area contributed by atoms with E-state index >= 15 is 0 Å². The third-order valence-corrected chi connectivity index (χ3v) is 10.7. The van der Waals surface area contributed by atoms with E-state index in [-0.39, 0.29) is 0 Å². The first-order valence-electron chi connectivity index (χ1n) is 17.9. The van der Waals surface area contributed by atoms with E-state index in [0.29, 0.717) is 17.8 Å². The van der Waals surface area contributed by atoms with Gasteiger partial charge in [0.25, 0.3) is 0 Å². The highest BCUT2D eigenvalue weighted by molar-refractivity contribution is 6.15. The van der Waals surface area contributed by atoms with Crippen LogP contribution in [-0.2, 0) is 5.41 Å². The minimum absolute atomic E-state index is 0.557. The van der Waals surface area contributed by atoms with Gasteiger partial charge in [-0.25, -0.2) is 9.98 Å². The third kappa shape index (κ3) is 4.90. The van der Waals surface area contributed by atoms with E-state index in [1.54, 1.807) is 0 Å². The van der Waals surface area contributed by atoms with Crippen molar-refractivity contribution in [3.8, 4) is 39.8 Å². The van der Waals surface area contributed by atoms with Gasteiger partial charge in [0.15, 0.2) is 5.84 Å². The molecule has 0 unspecified atom stereocenters. The van der Waals surface area contributed by atoms with Gasteiger partial charge in [0.1, 0.15) is 11.5 Å². The molecule has 2 heterocycles. The fourth-order valence-corrected chi connectivity index (χ4v) is 8.26. The maximum atomic E-state index is 9.31. The number of hydrogen-bond donors (Lipinski definition) is 0. The zero-order chi connectivity index (χ0) is 35.4. The number of nitrogens with zero attached hydrogens (tertiary/aromatic N) is 3. The number of fused-ring (bicyclic) bond motifs is 9. The minimum Gasteiger partial charge on any atom is -0.457 e. The zero-order valence-corrected chi connectivity index (χ0v) is 28.7. The summed E-state index contributed by atoms with van der Waals surface area (Å²) in [5.41, 5.74) is 14.3. The lowest BCUT2D eigenvalue weighted by atomic mass is 9.66. The second-order valence-corrected chi connectivity index (χ2v) is 13.6. The number of hydrogen-bond acceptors (Lipinski definition) is 4. The van der Waals surface area contributed by atoms with Crippen LogP contribution in [-0.4, -0.2) is 11.5 Å². The summed E-state index contributed by atoms with van der Waals surface area (Å²) >= 11 is 0.